The van der Waals surface area contributed by atoms with Crippen LogP contribution in [0.3, 0.4) is 0 Å². The first-order valence-corrected chi connectivity index (χ1v) is 7.55. The zero-order valence-corrected chi connectivity index (χ0v) is 12.7. The van der Waals surface area contributed by atoms with Crippen molar-refractivity contribution in [2.45, 2.75) is 25.3 Å². The van der Waals surface area contributed by atoms with Gasteiger partial charge in [0.25, 0.3) is 0 Å². The Balaban J connectivity index is 2.47. The Kier molecular flexibility index (Phi) is 3.97. The number of aromatic nitrogens is 3. The van der Waals surface area contributed by atoms with Crippen LogP contribution in [0.5, 0.6) is 0 Å². The van der Waals surface area contributed by atoms with E-state index >= 15 is 0 Å². The summed E-state index contributed by atoms with van der Waals surface area (Å²) in [5.74, 6) is -0.215. The van der Waals surface area contributed by atoms with Gasteiger partial charge in [-0.15, -0.1) is 0 Å². The highest BCUT2D eigenvalue weighted by Gasteiger charge is 2.27. The molecule has 1 aromatic heterocycles. The lowest BCUT2D eigenvalue weighted by Gasteiger charge is -2.20. The lowest BCUT2D eigenvalue weighted by Crippen LogP contribution is -2.28. The van der Waals surface area contributed by atoms with E-state index in [2.05, 4.69) is 15.2 Å². The van der Waals surface area contributed by atoms with Crippen LogP contribution in [0, 0.1) is 19.7 Å². The quantitative estimate of drug-likeness (QED) is 0.818. The van der Waals surface area contributed by atoms with E-state index in [4.69, 9.17) is 5.73 Å². The smallest absolute Gasteiger partial charge is 0.243 e. The van der Waals surface area contributed by atoms with Crippen LogP contribution in [0.1, 0.15) is 17.0 Å². The van der Waals surface area contributed by atoms with Gasteiger partial charge in [0, 0.05) is 7.05 Å². The van der Waals surface area contributed by atoms with Gasteiger partial charge in [-0.3, -0.25) is 5.10 Å². The molecule has 0 aliphatic heterocycles. The third-order valence-corrected chi connectivity index (χ3v) is 5.30. The fourth-order valence-electron chi connectivity index (χ4n) is 2.09. The Labute approximate surface area is 122 Å². The van der Waals surface area contributed by atoms with Crippen LogP contribution in [0.25, 0.3) is 0 Å². The largest absolute Gasteiger partial charge is 0.396 e. The normalized spacial score (nSPS) is 12.0. The maximum Gasteiger partial charge on any atom is 0.243 e. The molecule has 2 rings (SSSR count). The van der Waals surface area contributed by atoms with Crippen molar-refractivity contribution in [2.75, 3.05) is 12.8 Å². The summed E-state index contributed by atoms with van der Waals surface area (Å²) in [5, 5.41) is 6.25. The van der Waals surface area contributed by atoms with Crippen molar-refractivity contribution >= 4 is 15.7 Å². The molecule has 0 fully saturated rings. The number of benzene rings is 1. The average Bonchev–Trinajstić information content (AvgIpc) is 2.88. The number of nitrogen functional groups attached to an aromatic ring is 1. The molecule has 0 amide bonds. The summed E-state index contributed by atoms with van der Waals surface area (Å²) in [6, 6.07) is 1.12. The van der Waals surface area contributed by atoms with Gasteiger partial charge in [0.15, 0.2) is 0 Å². The van der Waals surface area contributed by atoms with Crippen molar-refractivity contribution < 1.29 is 12.8 Å². The van der Waals surface area contributed by atoms with E-state index in [1.807, 2.05) is 0 Å². The summed E-state index contributed by atoms with van der Waals surface area (Å²) in [5.41, 5.74) is 5.95. The van der Waals surface area contributed by atoms with Gasteiger partial charge in [0.1, 0.15) is 18.0 Å². The number of anilines is 1. The highest BCUT2D eigenvalue weighted by molar-refractivity contribution is 7.89. The lowest BCUT2D eigenvalue weighted by molar-refractivity contribution is 0.456. The Morgan fingerprint density at radius 3 is 2.67 bits per heavy atom. The maximum atomic E-state index is 13.6. The van der Waals surface area contributed by atoms with E-state index in [0.717, 1.165) is 10.4 Å². The molecule has 21 heavy (non-hydrogen) atoms. The SMILES string of the molecule is Cc1cc(F)c(N)c(C)c1S(=O)(=O)N(C)Cc1ncn[nH]1. The van der Waals surface area contributed by atoms with Crippen LogP contribution < -0.4 is 5.73 Å². The van der Waals surface area contributed by atoms with Crippen molar-refractivity contribution in [3.63, 3.8) is 0 Å². The lowest BCUT2D eigenvalue weighted by atomic mass is 10.1. The first-order chi connectivity index (χ1) is 9.75. The molecule has 0 bridgehead atoms. The van der Waals surface area contributed by atoms with E-state index in [1.165, 1.54) is 27.2 Å². The minimum Gasteiger partial charge on any atom is -0.396 e. The molecule has 0 saturated heterocycles. The molecule has 1 aromatic carbocycles. The Bertz CT molecular complexity index is 758. The van der Waals surface area contributed by atoms with Crippen LogP contribution in [0.15, 0.2) is 17.3 Å². The van der Waals surface area contributed by atoms with E-state index in [1.54, 1.807) is 0 Å². The Hall–Kier alpha value is -2.00. The molecular formula is C12H16FN5O2S. The van der Waals surface area contributed by atoms with E-state index in [-0.39, 0.29) is 22.7 Å². The first kappa shape index (κ1) is 15.4. The van der Waals surface area contributed by atoms with Crippen molar-refractivity contribution in [3.05, 3.63) is 35.2 Å². The number of halogens is 1. The number of nitrogens with one attached hydrogen (secondary N) is 1. The van der Waals surface area contributed by atoms with Gasteiger partial charge in [0.05, 0.1) is 17.1 Å². The second-order valence-corrected chi connectivity index (χ2v) is 6.72. The monoisotopic (exact) mass is 313 g/mol. The van der Waals surface area contributed by atoms with Crippen molar-refractivity contribution in [3.8, 4) is 0 Å². The number of hydrogen-bond acceptors (Lipinski definition) is 5. The summed E-state index contributed by atoms with van der Waals surface area (Å²) < 4.78 is 40.0. The first-order valence-electron chi connectivity index (χ1n) is 6.11. The Morgan fingerprint density at radius 1 is 1.43 bits per heavy atom. The zero-order chi connectivity index (χ0) is 15.8. The molecule has 7 nitrogen and oxygen atoms in total. The molecule has 0 spiro atoms. The minimum absolute atomic E-state index is 0.0171. The fraction of sp³-hybridized carbons (Fsp3) is 0.333. The van der Waals surface area contributed by atoms with Gasteiger partial charge >= 0.3 is 0 Å². The van der Waals surface area contributed by atoms with Gasteiger partial charge in [-0.25, -0.2) is 17.8 Å². The topological polar surface area (TPSA) is 105 Å². The Morgan fingerprint density at radius 2 is 2.10 bits per heavy atom. The number of aryl methyl sites for hydroxylation is 1. The summed E-state index contributed by atoms with van der Waals surface area (Å²) in [6.45, 7) is 3.05. The highest BCUT2D eigenvalue weighted by atomic mass is 32.2. The van der Waals surface area contributed by atoms with Crippen LogP contribution in [-0.2, 0) is 16.6 Å². The molecule has 0 atom stereocenters. The molecule has 2 aromatic rings. The van der Waals surface area contributed by atoms with Crippen molar-refractivity contribution in [1.82, 2.24) is 19.5 Å². The second kappa shape index (κ2) is 5.41. The molecule has 0 saturated carbocycles. The molecular weight excluding hydrogens is 297 g/mol. The second-order valence-electron chi connectivity index (χ2n) is 4.74. The average molecular weight is 313 g/mol. The highest BCUT2D eigenvalue weighted by Crippen LogP contribution is 2.29. The van der Waals surface area contributed by atoms with Gasteiger partial charge in [0.2, 0.25) is 10.0 Å². The third-order valence-electron chi connectivity index (χ3n) is 3.21. The molecule has 0 aliphatic rings. The molecule has 0 aliphatic carbocycles. The number of nitrogens with zero attached hydrogens (tertiary/aromatic N) is 3. The van der Waals surface area contributed by atoms with Gasteiger partial charge in [-0.05, 0) is 31.0 Å². The van der Waals surface area contributed by atoms with E-state index in [9.17, 15) is 12.8 Å². The molecule has 1 heterocycles. The van der Waals surface area contributed by atoms with Gasteiger partial charge in [-0.2, -0.15) is 9.40 Å². The number of nitrogens with two attached hydrogens (primary N) is 1. The minimum atomic E-state index is -3.82. The predicted molar refractivity (Wildman–Crippen MR) is 75.3 cm³/mol. The fourth-order valence-corrected chi connectivity index (χ4v) is 3.65. The summed E-state index contributed by atoms with van der Waals surface area (Å²) in [7, 11) is -2.40. The van der Waals surface area contributed by atoms with E-state index < -0.39 is 15.8 Å². The standard InChI is InChI=1S/C12H16FN5O2S/c1-7-4-9(13)11(14)8(2)12(7)21(19,20)18(3)5-10-15-6-16-17-10/h4,6H,5,14H2,1-3H3,(H,15,16,17). The number of aromatic amines is 1. The number of H-pyrrole nitrogens is 1. The number of hydrogen-bond donors (Lipinski definition) is 2. The maximum absolute atomic E-state index is 13.6. The summed E-state index contributed by atoms with van der Waals surface area (Å²) in [6.07, 6.45) is 1.29. The summed E-state index contributed by atoms with van der Waals surface area (Å²) >= 11 is 0. The van der Waals surface area contributed by atoms with Crippen LogP contribution in [-0.4, -0.2) is 35.0 Å². The summed E-state index contributed by atoms with van der Waals surface area (Å²) in [4.78, 5) is 3.90. The molecule has 114 valence electrons. The van der Waals surface area contributed by atoms with Crippen molar-refractivity contribution in [1.29, 1.82) is 0 Å². The van der Waals surface area contributed by atoms with Crippen LogP contribution in [0.4, 0.5) is 10.1 Å². The van der Waals surface area contributed by atoms with Gasteiger partial charge in [-0.1, -0.05) is 0 Å². The van der Waals surface area contributed by atoms with E-state index in [0.29, 0.717) is 11.4 Å². The number of sulfonamides is 1. The molecule has 9 heteroatoms. The molecule has 0 unspecified atom stereocenters. The van der Waals surface area contributed by atoms with Crippen molar-refractivity contribution in [2.24, 2.45) is 0 Å². The van der Waals surface area contributed by atoms with Crippen LogP contribution >= 0.6 is 0 Å². The zero-order valence-electron chi connectivity index (χ0n) is 11.9. The van der Waals surface area contributed by atoms with Gasteiger partial charge < -0.3 is 5.73 Å². The third kappa shape index (κ3) is 2.74. The van der Waals surface area contributed by atoms with Crippen LogP contribution in [0.2, 0.25) is 0 Å². The molecule has 0 radical (unpaired) electrons. The predicted octanol–water partition coefficient (Wildman–Crippen LogP) is 0.964. The molecule has 3 N–H and O–H groups in total. The number of rotatable bonds is 4.